The molecule has 2 atom stereocenters. The van der Waals surface area contributed by atoms with E-state index in [2.05, 4.69) is 0 Å². The van der Waals surface area contributed by atoms with Crippen molar-refractivity contribution in [1.82, 2.24) is 4.90 Å². The van der Waals surface area contributed by atoms with Crippen LogP contribution in [0.5, 0.6) is 5.75 Å². The Morgan fingerprint density at radius 3 is 2.48 bits per heavy atom. The summed E-state index contributed by atoms with van der Waals surface area (Å²) in [6.45, 7) is 7.47. The van der Waals surface area contributed by atoms with E-state index in [1.165, 1.54) is 6.92 Å². The fourth-order valence-corrected chi connectivity index (χ4v) is 2.64. The molecule has 5 nitrogen and oxygen atoms in total. The van der Waals surface area contributed by atoms with Gasteiger partial charge in [0, 0.05) is 12.6 Å². The molecule has 130 valence electrons. The zero-order valence-electron chi connectivity index (χ0n) is 14.0. The zero-order chi connectivity index (χ0) is 17.6. The summed E-state index contributed by atoms with van der Waals surface area (Å²) >= 11 is 5.93. The minimum Gasteiger partial charge on any atom is -0.382 e. The maximum atomic E-state index is 12.3. The van der Waals surface area contributed by atoms with Crippen molar-refractivity contribution in [3.05, 3.63) is 29.8 Å². The Morgan fingerprint density at radius 2 is 1.96 bits per heavy atom. The van der Waals surface area contributed by atoms with Crippen molar-refractivity contribution in [3.63, 3.8) is 0 Å². The Bertz CT molecular complexity index is 631. The number of carbonyl (C=O) groups is 1. The number of carbonyl (C=O) groups excluding carboxylic acids is 1. The van der Waals surface area contributed by atoms with Crippen LogP contribution in [0.1, 0.15) is 39.7 Å². The summed E-state index contributed by atoms with van der Waals surface area (Å²) in [5, 5.41) is -0.607. The number of nitrogens with zero attached hydrogens (tertiary/aromatic N) is 1. The van der Waals surface area contributed by atoms with Gasteiger partial charge in [0.25, 0.3) is 0 Å². The van der Waals surface area contributed by atoms with E-state index in [1.54, 1.807) is 30.0 Å². The van der Waals surface area contributed by atoms with Crippen LogP contribution in [-0.4, -0.2) is 36.4 Å². The van der Waals surface area contributed by atoms with E-state index in [0.29, 0.717) is 6.54 Å². The summed E-state index contributed by atoms with van der Waals surface area (Å²) in [6.07, 6.45) is 0.801. The number of alkyl halides is 1. The maximum absolute atomic E-state index is 12.3. The maximum Gasteiger partial charge on any atom is 0.308 e. The van der Waals surface area contributed by atoms with Crippen LogP contribution < -0.4 is 4.18 Å². The summed E-state index contributed by atoms with van der Waals surface area (Å²) < 4.78 is 28.1. The first-order chi connectivity index (χ1) is 10.7. The first-order valence-corrected chi connectivity index (χ1v) is 9.67. The monoisotopic (exact) mass is 361 g/mol. The second-order valence-corrected chi connectivity index (χ2v) is 7.93. The lowest BCUT2D eigenvalue weighted by atomic mass is 10.1. The van der Waals surface area contributed by atoms with Crippen molar-refractivity contribution < 1.29 is 17.4 Å². The number of hydrogen-bond acceptors (Lipinski definition) is 4. The number of halogens is 1. The topological polar surface area (TPSA) is 63.7 Å². The predicted octanol–water partition coefficient (Wildman–Crippen LogP) is 3.17. The molecule has 0 aliphatic carbocycles. The largest absolute Gasteiger partial charge is 0.382 e. The highest BCUT2D eigenvalue weighted by Crippen LogP contribution is 2.19. The van der Waals surface area contributed by atoms with E-state index in [4.69, 9.17) is 15.8 Å². The lowest BCUT2D eigenvalue weighted by Gasteiger charge is -2.30. The summed E-state index contributed by atoms with van der Waals surface area (Å²) in [5.74, 6) is 0.00620. The van der Waals surface area contributed by atoms with Gasteiger partial charge in [-0.15, -0.1) is 11.6 Å². The van der Waals surface area contributed by atoms with Crippen LogP contribution in [0, 0.1) is 0 Å². The van der Waals surface area contributed by atoms with Crippen LogP contribution in [0.15, 0.2) is 24.3 Å². The van der Waals surface area contributed by atoms with Gasteiger partial charge in [0.1, 0.15) is 11.1 Å². The highest BCUT2D eigenvalue weighted by Gasteiger charge is 2.23. The second kappa shape index (κ2) is 8.55. The van der Waals surface area contributed by atoms with Gasteiger partial charge >= 0.3 is 10.1 Å². The van der Waals surface area contributed by atoms with Crippen molar-refractivity contribution in [3.8, 4) is 5.75 Å². The molecule has 0 N–H and O–H groups in total. The standard InChI is InChI=1S/C16H24ClNO4S/c1-5-12(3)18(16(19)13(4)17)11-14-8-7-9-15(10-14)22-23(20,21)6-2/h7-10,12-13H,5-6,11H2,1-4H3/t12-,13-/m1/s1. The molecule has 0 heterocycles. The molecule has 23 heavy (non-hydrogen) atoms. The SMILES string of the molecule is CC[C@@H](C)N(Cc1cccc(OS(=O)(=O)CC)c1)C(=O)[C@@H](C)Cl. The van der Waals surface area contributed by atoms with Crippen LogP contribution in [0.25, 0.3) is 0 Å². The van der Waals surface area contributed by atoms with Crippen molar-refractivity contribution in [1.29, 1.82) is 0 Å². The highest BCUT2D eigenvalue weighted by molar-refractivity contribution is 7.87. The molecule has 0 aromatic heterocycles. The lowest BCUT2D eigenvalue weighted by molar-refractivity contribution is -0.133. The first-order valence-electron chi connectivity index (χ1n) is 7.65. The molecular formula is C16H24ClNO4S. The third-order valence-corrected chi connectivity index (χ3v) is 4.91. The molecule has 0 radical (unpaired) electrons. The Kier molecular flexibility index (Phi) is 7.35. The minimum atomic E-state index is -3.57. The van der Waals surface area contributed by atoms with E-state index in [9.17, 15) is 13.2 Å². The van der Waals surface area contributed by atoms with E-state index in [-0.39, 0.29) is 23.5 Å². The smallest absolute Gasteiger partial charge is 0.308 e. The highest BCUT2D eigenvalue weighted by atomic mass is 35.5. The molecule has 0 fully saturated rings. The van der Waals surface area contributed by atoms with E-state index in [0.717, 1.165) is 12.0 Å². The van der Waals surface area contributed by atoms with Gasteiger partial charge in [-0.05, 0) is 44.9 Å². The van der Waals surface area contributed by atoms with E-state index >= 15 is 0 Å². The molecule has 0 spiro atoms. The molecule has 1 aromatic carbocycles. The van der Waals surface area contributed by atoms with Crippen molar-refractivity contribution in [2.45, 2.75) is 52.1 Å². The molecule has 7 heteroatoms. The fraction of sp³-hybridized carbons (Fsp3) is 0.562. The molecule has 0 aliphatic heterocycles. The van der Waals surface area contributed by atoms with Crippen LogP contribution in [-0.2, 0) is 21.5 Å². The fourth-order valence-electron chi connectivity index (χ4n) is 2.00. The number of rotatable bonds is 8. The molecular weight excluding hydrogens is 338 g/mol. The molecule has 0 saturated heterocycles. The average molecular weight is 362 g/mol. The summed E-state index contributed by atoms with van der Waals surface area (Å²) in [7, 11) is -3.57. The molecule has 0 unspecified atom stereocenters. The van der Waals surface area contributed by atoms with E-state index in [1.807, 2.05) is 19.9 Å². The van der Waals surface area contributed by atoms with Gasteiger partial charge < -0.3 is 9.08 Å². The lowest BCUT2D eigenvalue weighted by Crippen LogP contribution is -2.41. The van der Waals surface area contributed by atoms with Gasteiger partial charge in [-0.2, -0.15) is 8.42 Å². The zero-order valence-corrected chi connectivity index (χ0v) is 15.5. The normalized spacial score (nSPS) is 14.1. The quantitative estimate of drug-likeness (QED) is 0.527. The third-order valence-electron chi connectivity index (χ3n) is 3.57. The Morgan fingerprint density at radius 1 is 1.30 bits per heavy atom. The third kappa shape index (κ3) is 6.03. The van der Waals surface area contributed by atoms with Crippen molar-refractivity contribution >= 4 is 27.6 Å². The summed E-state index contributed by atoms with van der Waals surface area (Å²) in [6, 6.07) is 6.78. The van der Waals surface area contributed by atoms with Gasteiger partial charge in [0.05, 0.1) is 5.75 Å². The molecule has 0 bridgehead atoms. The van der Waals surface area contributed by atoms with Gasteiger partial charge in [-0.1, -0.05) is 19.1 Å². The summed E-state index contributed by atoms with van der Waals surface area (Å²) in [4.78, 5) is 14.0. The molecule has 0 saturated carbocycles. The Labute approximate surface area is 143 Å². The van der Waals surface area contributed by atoms with Gasteiger partial charge in [0.15, 0.2) is 0 Å². The summed E-state index contributed by atoms with van der Waals surface area (Å²) in [5.41, 5.74) is 0.791. The molecule has 1 aromatic rings. The van der Waals surface area contributed by atoms with Crippen LogP contribution in [0.2, 0.25) is 0 Å². The average Bonchev–Trinajstić information content (AvgIpc) is 2.51. The van der Waals surface area contributed by atoms with Crippen LogP contribution in [0.4, 0.5) is 0 Å². The number of amides is 1. The van der Waals surface area contributed by atoms with Crippen LogP contribution >= 0.6 is 11.6 Å². The van der Waals surface area contributed by atoms with Crippen molar-refractivity contribution in [2.24, 2.45) is 0 Å². The Hall–Kier alpha value is -1.27. The molecule has 1 rings (SSSR count). The van der Waals surface area contributed by atoms with Gasteiger partial charge in [0.2, 0.25) is 5.91 Å². The molecule has 0 aliphatic rings. The second-order valence-electron chi connectivity index (χ2n) is 5.42. The first kappa shape index (κ1) is 19.8. The van der Waals surface area contributed by atoms with Crippen molar-refractivity contribution in [2.75, 3.05) is 5.75 Å². The number of hydrogen-bond donors (Lipinski definition) is 0. The predicted molar refractivity (Wildman–Crippen MR) is 92.1 cm³/mol. The number of benzene rings is 1. The van der Waals surface area contributed by atoms with Gasteiger partial charge in [-0.25, -0.2) is 0 Å². The molecule has 1 amide bonds. The van der Waals surface area contributed by atoms with Crippen LogP contribution in [0.3, 0.4) is 0 Å². The van der Waals surface area contributed by atoms with E-state index < -0.39 is 15.5 Å². The minimum absolute atomic E-state index is 0.0349. The van der Waals surface area contributed by atoms with Gasteiger partial charge in [-0.3, -0.25) is 4.79 Å². The Balaban J connectivity index is 2.99.